The molecule has 0 spiro atoms. The van der Waals surface area contributed by atoms with Gasteiger partial charge in [0.2, 0.25) is 0 Å². The first-order valence-corrected chi connectivity index (χ1v) is 10.3. The first-order chi connectivity index (χ1) is 13.4. The van der Waals surface area contributed by atoms with Gasteiger partial charge in [0.15, 0.2) is 0 Å². The summed E-state index contributed by atoms with van der Waals surface area (Å²) in [7, 11) is 0. The molecule has 0 aliphatic carbocycles. The Hall–Kier alpha value is -2.61. The van der Waals surface area contributed by atoms with E-state index in [1.807, 2.05) is 0 Å². The van der Waals surface area contributed by atoms with Gasteiger partial charge in [0, 0.05) is 22.6 Å². The van der Waals surface area contributed by atoms with Gasteiger partial charge in [0.05, 0.1) is 23.5 Å². The summed E-state index contributed by atoms with van der Waals surface area (Å²) in [5.74, 6) is 0.371. The standard InChI is InChI=1S/C26H30N2/c1-8-20(15(3)4)23-13-25-26-19(14-28(25)18(7)21(23)9-2)12-22-17(6)16(5)10-11-24(22)27-26/h10-13,20H,3,7-9,14H2,1-2,4-6H3/t20-/m0/s1. The predicted molar refractivity (Wildman–Crippen MR) is 120 cm³/mol. The lowest BCUT2D eigenvalue weighted by atomic mass is 9.83. The summed E-state index contributed by atoms with van der Waals surface area (Å²) in [6.07, 6.45) is 4.41. The van der Waals surface area contributed by atoms with Crippen LogP contribution in [-0.4, -0.2) is 9.88 Å². The van der Waals surface area contributed by atoms with Crippen molar-refractivity contribution in [3.05, 3.63) is 82.2 Å². The van der Waals surface area contributed by atoms with Crippen LogP contribution >= 0.6 is 0 Å². The third kappa shape index (κ3) is 2.66. The molecule has 0 fully saturated rings. The molecule has 0 bridgehead atoms. The Kier molecular flexibility index (Phi) is 4.53. The third-order valence-corrected chi connectivity index (χ3v) is 6.53. The number of aromatic nitrogens is 1. The molecule has 144 valence electrons. The molecule has 2 aliphatic rings. The van der Waals surface area contributed by atoms with Gasteiger partial charge in [-0.1, -0.05) is 38.6 Å². The van der Waals surface area contributed by atoms with Crippen LogP contribution in [-0.2, 0) is 6.54 Å². The van der Waals surface area contributed by atoms with Crippen molar-refractivity contribution in [2.24, 2.45) is 5.92 Å². The summed E-state index contributed by atoms with van der Waals surface area (Å²) >= 11 is 0. The smallest absolute Gasteiger partial charge is 0.0924 e. The van der Waals surface area contributed by atoms with Gasteiger partial charge in [-0.25, -0.2) is 4.98 Å². The van der Waals surface area contributed by atoms with Gasteiger partial charge in [0.25, 0.3) is 0 Å². The number of benzene rings is 1. The Labute approximate surface area is 169 Å². The molecular formula is C26H30N2. The van der Waals surface area contributed by atoms with E-state index >= 15 is 0 Å². The van der Waals surface area contributed by atoms with Crippen LogP contribution < -0.4 is 0 Å². The Morgan fingerprint density at radius 1 is 1.25 bits per heavy atom. The summed E-state index contributed by atoms with van der Waals surface area (Å²) < 4.78 is 0. The molecule has 2 aromatic rings. The van der Waals surface area contributed by atoms with Crippen molar-refractivity contribution in [2.45, 2.75) is 54.0 Å². The monoisotopic (exact) mass is 370 g/mol. The average Bonchev–Trinajstić information content (AvgIpc) is 3.02. The molecule has 0 N–H and O–H groups in total. The topological polar surface area (TPSA) is 16.1 Å². The van der Waals surface area contributed by atoms with Gasteiger partial charge in [-0.2, -0.15) is 0 Å². The number of pyridine rings is 1. The van der Waals surface area contributed by atoms with E-state index in [2.05, 4.69) is 77.0 Å². The number of hydrogen-bond acceptors (Lipinski definition) is 2. The molecule has 2 nitrogen and oxygen atoms in total. The average molecular weight is 371 g/mol. The SMILES string of the molecule is C=C(C)[C@H](CC)C1=C(CC)C(=C)N2Cc3cc4c(C)c(C)ccc4nc3C2=C1. The molecule has 0 saturated carbocycles. The number of fused-ring (bicyclic) bond motifs is 4. The fraction of sp³-hybridized carbons (Fsp3) is 0.346. The maximum atomic E-state index is 5.10. The van der Waals surface area contributed by atoms with Crippen molar-refractivity contribution in [1.82, 2.24) is 9.88 Å². The predicted octanol–water partition coefficient (Wildman–Crippen LogP) is 6.84. The highest BCUT2D eigenvalue weighted by Crippen LogP contribution is 2.45. The van der Waals surface area contributed by atoms with Crippen LogP contribution in [0.4, 0.5) is 0 Å². The number of aryl methyl sites for hydroxylation is 2. The van der Waals surface area contributed by atoms with E-state index in [4.69, 9.17) is 4.98 Å². The van der Waals surface area contributed by atoms with E-state index < -0.39 is 0 Å². The van der Waals surface area contributed by atoms with Gasteiger partial charge in [-0.05, 0) is 74.1 Å². The van der Waals surface area contributed by atoms with Crippen molar-refractivity contribution in [3.63, 3.8) is 0 Å². The second-order valence-corrected chi connectivity index (χ2v) is 8.23. The Bertz CT molecular complexity index is 1080. The van der Waals surface area contributed by atoms with Crippen LogP contribution in [0.15, 0.2) is 59.8 Å². The van der Waals surface area contributed by atoms with E-state index in [1.54, 1.807) is 0 Å². The molecule has 0 unspecified atom stereocenters. The maximum Gasteiger partial charge on any atom is 0.0924 e. The van der Waals surface area contributed by atoms with Gasteiger partial charge < -0.3 is 4.90 Å². The van der Waals surface area contributed by atoms with Crippen LogP contribution in [0.5, 0.6) is 0 Å². The van der Waals surface area contributed by atoms with Gasteiger partial charge in [-0.3, -0.25) is 0 Å². The van der Waals surface area contributed by atoms with Crippen molar-refractivity contribution >= 4 is 16.6 Å². The van der Waals surface area contributed by atoms with Crippen LogP contribution in [0.25, 0.3) is 16.6 Å². The second-order valence-electron chi connectivity index (χ2n) is 8.23. The summed E-state index contributed by atoms with van der Waals surface area (Å²) in [6.45, 7) is 20.6. The van der Waals surface area contributed by atoms with E-state index in [0.717, 1.165) is 36.3 Å². The molecule has 2 heteroatoms. The molecule has 0 saturated heterocycles. The largest absolute Gasteiger partial charge is 0.335 e. The summed E-state index contributed by atoms with van der Waals surface area (Å²) in [6, 6.07) is 6.66. The minimum Gasteiger partial charge on any atom is -0.335 e. The normalized spacial score (nSPS) is 17.0. The quantitative estimate of drug-likeness (QED) is 0.547. The maximum absolute atomic E-state index is 5.10. The van der Waals surface area contributed by atoms with E-state index in [9.17, 15) is 0 Å². The molecular weight excluding hydrogens is 340 g/mol. The van der Waals surface area contributed by atoms with Gasteiger partial charge in [-0.15, -0.1) is 0 Å². The lowest BCUT2D eigenvalue weighted by molar-refractivity contribution is 0.502. The van der Waals surface area contributed by atoms with Crippen LogP contribution in [0.2, 0.25) is 0 Å². The van der Waals surface area contributed by atoms with E-state index in [0.29, 0.717) is 5.92 Å². The Morgan fingerprint density at radius 2 is 2.00 bits per heavy atom. The minimum atomic E-state index is 0.371. The van der Waals surface area contributed by atoms with Crippen molar-refractivity contribution in [3.8, 4) is 0 Å². The van der Waals surface area contributed by atoms with Crippen LogP contribution in [0.1, 0.15) is 56.0 Å². The molecule has 0 radical (unpaired) electrons. The van der Waals surface area contributed by atoms with Crippen LogP contribution in [0, 0.1) is 19.8 Å². The fourth-order valence-corrected chi connectivity index (χ4v) is 4.77. The summed E-state index contributed by atoms with van der Waals surface area (Å²) in [5, 5.41) is 1.27. The Balaban J connectivity index is 1.92. The highest BCUT2D eigenvalue weighted by molar-refractivity contribution is 5.88. The van der Waals surface area contributed by atoms with Crippen molar-refractivity contribution < 1.29 is 0 Å². The zero-order chi connectivity index (χ0) is 20.2. The van der Waals surface area contributed by atoms with Gasteiger partial charge >= 0.3 is 0 Å². The first kappa shape index (κ1) is 18.7. The van der Waals surface area contributed by atoms with E-state index in [1.165, 1.54) is 44.5 Å². The van der Waals surface area contributed by atoms with E-state index in [-0.39, 0.29) is 0 Å². The molecule has 1 aromatic carbocycles. The van der Waals surface area contributed by atoms with Crippen molar-refractivity contribution in [1.29, 1.82) is 0 Å². The molecule has 28 heavy (non-hydrogen) atoms. The summed E-state index contributed by atoms with van der Waals surface area (Å²) in [5.41, 5.74) is 12.4. The first-order valence-electron chi connectivity index (χ1n) is 10.3. The number of rotatable bonds is 4. The number of allylic oxidation sites excluding steroid dienone is 4. The molecule has 1 atom stereocenters. The summed E-state index contributed by atoms with van der Waals surface area (Å²) in [4.78, 5) is 7.45. The highest BCUT2D eigenvalue weighted by Gasteiger charge is 2.34. The lowest BCUT2D eigenvalue weighted by Gasteiger charge is -2.33. The Morgan fingerprint density at radius 3 is 2.64 bits per heavy atom. The molecule has 1 aromatic heterocycles. The highest BCUT2D eigenvalue weighted by atomic mass is 15.2. The minimum absolute atomic E-state index is 0.371. The second kappa shape index (κ2) is 6.77. The fourth-order valence-electron chi connectivity index (χ4n) is 4.77. The lowest BCUT2D eigenvalue weighted by Crippen LogP contribution is -2.22. The van der Waals surface area contributed by atoms with Crippen LogP contribution in [0.3, 0.4) is 0 Å². The number of hydrogen-bond donors (Lipinski definition) is 0. The van der Waals surface area contributed by atoms with Crippen molar-refractivity contribution in [2.75, 3.05) is 0 Å². The molecule has 2 aliphatic heterocycles. The van der Waals surface area contributed by atoms with Gasteiger partial charge in [0.1, 0.15) is 0 Å². The number of nitrogens with zero attached hydrogens (tertiary/aromatic N) is 2. The molecule has 0 amide bonds. The molecule has 4 rings (SSSR count). The third-order valence-electron chi connectivity index (χ3n) is 6.53. The zero-order valence-electron chi connectivity index (χ0n) is 17.8. The zero-order valence-corrected chi connectivity index (χ0v) is 17.8. The molecule has 3 heterocycles.